The van der Waals surface area contributed by atoms with Crippen molar-refractivity contribution in [3.8, 4) is 0 Å². The van der Waals surface area contributed by atoms with Crippen LogP contribution in [0.1, 0.15) is 28.8 Å². The lowest BCUT2D eigenvalue weighted by Crippen LogP contribution is -2.43. The summed E-state index contributed by atoms with van der Waals surface area (Å²) in [6.07, 6.45) is 1.71. The van der Waals surface area contributed by atoms with Gasteiger partial charge in [0.2, 0.25) is 0 Å². The van der Waals surface area contributed by atoms with Crippen LogP contribution in [0.15, 0.2) is 54.6 Å². The van der Waals surface area contributed by atoms with E-state index in [0.29, 0.717) is 18.7 Å². The zero-order chi connectivity index (χ0) is 17.6. The van der Waals surface area contributed by atoms with Crippen molar-refractivity contribution in [2.75, 3.05) is 13.1 Å². The lowest BCUT2D eigenvalue weighted by atomic mass is 10.1. The Morgan fingerprint density at radius 3 is 2.76 bits per heavy atom. The minimum absolute atomic E-state index is 0.0178. The fourth-order valence-electron chi connectivity index (χ4n) is 3.00. The highest BCUT2D eigenvalue weighted by Crippen LogP contribution is 2.19. The minimum atomic E-state index is -0.412. The van der Waals surface area contributed by atoms with Crippen molar-refractivity contribution in [3.63, 3.8) is 0 Å². The molecule has 0 spiro atoms. The van der Waals surface area contributed by atoms with Gasteiger partial charge in [-0.15, -0.1) is 0 Å². The molecule has 0 aliphatic carbocycles. The molecular weight excluding hydrogens is 320 g/mol. The Hall–Kier alpha value is -2.73. The van der Waals surface area contributed by atoms with Gasteiger partial charge in [0.25, 0.3) is 11.6 Å². The predicted octanol–water partition coefficient (Wildman–Crippen LogP) is 3.42. The molecule has 0 radical (unpaired) electrons. The molecule has 0 bridgehead atoms. The molecule has 0 unspecified atom stereocenters. The van der Waals surface area contributed by atoms with Crippen LogP contribution < -0.4 is 0 Å². The maximum Gasteiger partial charge on any atom is 0.269 e. The molecule has 1 aliphatic rings. The highest BCUT2D eigenvalue weighted by atomic mass is 16.6. The molecule has 6 heteroatoms. The molecule has 6 nitrogen and oxygen atoms in total. The average Bonchev–Trinajstić information content (AvgIpc) is 2.67. The van der Waals surface area contributed by atoms with Gasteiger partial charge in [-0.05, 0) is 30.5 Å². The number of hydrogen-bond donors (Lipinski definition) is 0. The maximum absolute atomic E-state index is 12.5. The monoisotopic (exact) mass is 340 g/mol. The first-order valence-electron chi connectivity index (χ1n) is 8.33. The van der Waals surface area contributed by atoms with Crippen LogP contribution in [0.5, 0.6) is 0 Å². The van der Waals surface area contributed by atoms with Crippen LogP contribution in [-0.2, 0) is 11.3 Å². The third kappa shape index (κ3) is 4.42. The second-order valence-corrected chi connectivity index (χ2v) is 6.12. The summed E-state index contributed by atoms with van der Waals surface area (Å²) in [5.74, 6) is 0.0178. The van der Waals surface area contributed by atoms with E-state index in [4.69, 9.17) is 4.74 Å². The summed E-state index contributed by atoms with van der Waals surface area (Å²) in [6.45, 7) is 1.58. The lowest BCUT2D eigenvalue weighted by molar-refractivity contribution is -0.385. The van der Waals surface area contributed by atoms with E-state index in [9.17, 15) is 14.9 Å². The molecule has 1 heterocycles. The number of ether oxygens (including phenoxy) is 1. The van der Waals surface area contributed by atoms with Gasteiger partial charge in [-0.25, -0.2) is 0 Å². The van der Waals surface area contributed by atoms with Gasteiger partial charge < -0.3 is 9.64 Å². The second kappa shape index (κ2) is 7.90. The zero-order valence-corrected chi connectivity index (χ0v) is 13.8. The van der Waals surface area contributed by atoms with E-state index in [0.717, 1.165) is 24.9 Å². The molecular formula is C19H20N2O4. The fraction of sp³-hybridized carbons (Fsp3) is 0.316. The molecule has 2 aromatic carbocycles. The van der Waals surface area contributed by atoms with Crippen LogP contribution >= 0.6 is 0 Å². The summed E-state index contributed by atoms with van der Waals surface area (Å²) in [7, 11) is 0. The van der Waals surface area contributed by atoms with Crippen LogP contribution in [0.4, 0.5) is 5.69 Å². The molecule has 1 amide bonds. The molecule has 1 saturated heterocycles. The van der Waals surface area contributed by atoms with E-state index in [1.165, 1.54) is 12.1 Å². The summed E-state index contributed by atoms with van der Waals surface area (Å²) in [5, 5.41) is 10.8. The molecule has 2 aromatic rings. The number of amides is 1. The molecule has 1 fully saturated rings. The fourth-order valence-corrected chi connectivity index (χ4v) is 3.00. The van der Waals surface area contributed by atoms with Crippen LogP contribution in [-0.4, -0.2) is 34.9 Å². The third-order valence-electron chi connectivity index (χ3n) is 4.29. The largest absolute Gasteiger partial charge is 0.372 e. The number of nitrogens with zero attached hydrogens (tertiary/aromatic N) is 2. The number of piperidine rings is 1. The van der Waals surface area contributed by atoms with Crippen LogP contribution in [0.3, 0.4) is 0 Å². The van der Waals surface area contributed by atoms with Gasteiger partial charge in [-0.3, -0.25) is 14.9 Å². The van der Waals surface area contributed by atoms with Crippen molar-refractivity contribution >= 4 is 11.6 Å². The average molecular weight is 340 g/mol. The van der Waals surface area contributed by atoms with Crippen molar-refractivity contribution in [2.45, 2.75) is 25.6 Å². The van der Waals surface area contributed by atoms with E-state index in [-0.39, 0.29) is 17.7 Å². The van der Waals surface area contributed by atoms with Crippen LogP contribution in [0, 0.1) is 10.1 Å². The normalized spacial score (nSPS) is 17.3. The minimum Gasteiger partial charge on any atom is -0.372 e. The summed E-state index contributed by atoms with van der Waals surface area (Å²) in [6, 6.07) is 15.7. The first-order valence-corrected chi connectivity index (χ1v) is 8.33. The van der Waals surface area contributed by atoms with Gasteiger partial charge in [0, 0.05) is 30.8 Å². The molecule has 0 N–H and O–H groups in total. The highest BCUT2D eigenvalue weighted by molar-refractivity contribution is 5.94. The molecule has 0 aromatic heterocycles. The van der Waals surface area contributed by atoms with E-state index < -0.39 is 4.92 Å². The Morgan fingerprint density at radius 1 is 1.20 bits per heavy atom. The first-order chi connectivity index (χ1) is 12.1. The number of nitro benzene ring substituents is 1. The van der Waals surface area contributed by atoms with Crippen molar-refractivity contribution in [1.29, 1.82) is 0 Å². The predicted molar refractivity (Wildman–Crippen MR) is 93.3 cm³/mol. The van der Waals surface area contributed by atoms with Gasteiger partial charge in [0.15, 0.2) is 0 Å². The van der Waals surface area contributed by atoms with Gasteiger partial charge in [0.05, 0.1) is 17.6 Å². The number of carbonyl (C=O) groups excluding carboxylic acids is 1. The van der Waals surface area contributed by atoms with Crippen molar-refractivity contribution < 1.29 is 14.5 Å². The Bertz CT molecular complexity index is 748. The third-order valence-corrected chi connectivity index (χ3v) is 4.29. The summed E-state index contributed by atoms with van der Waals surface area (Å²) < 4.78 is 5.90. The number of nitro groups is 1. The van der Waals surface area contributed by atoms with E-state index in [2.05, 4.69) is 0 Å². The van der Waals surface area contributed by atoms with Gasteiger partial charge in [-0.1, -0.05) is 30.3 Å². The number of rotatable bonds is 5. The lowest BCUT2D eigenvalue weighted by Gasteiger charge is -2.32. The zero-order valence-electron chi connectivity index (χ0n) is 13.8. The smallest absolute Gasteiger partial charge is 0.269 e. The Kier molecular flexibility index (Phi) is 5.40. The maximum atomic E-state index is 12.5. The molecule has 1 atom stereocenters. The van der Waals surface area contributed by atoms with E-state index in [1.807, 2.05) is 41.3 Å². The van der Waals surface area contributed by atoms with Crippen LogP contribution in [0.25, 0.3) is 0 Å². The second-order valence-electron chi connectivity index (χ2n) is 6.12. The number of likely N-dealkylation sites (tertiary alicyclic amines) is 1. The molecule has 0 saturated carbocycles. The van der Waals surface area contributed by atoms with Gasteiger partial charge >= 0.3 is 0 Å². The summed E-state index contributed by atoms with van der Waals surface area (Å²) in [4.78, 5) is 24.8. The van der Waals surface area contributed by atoms with Crippen molar-refractivity contribution in [3.05, 3.63) is 75.8 Å². The standard InChI is InChI=1S/C19H20N2O4/c22-19(16-7-2-1-3-8-16)20-11-5-10-18(13-20)25-14-15-6-4-9-17(12-15)21(23)24/h1-4,6-9,12,18H,5,10-11,13-14H2/t18-/m0/s1. The molecule has 130 valence electrons. The van der Waals surface area contributed by atoms with E-state index >= 15 is 0 Å². The van der Waals surface area contributed by atoms with Crippen molar-refractivity contribution in [1.82, 2.24) is 4.90 Å². The molecule has 1 aliphatic heterocycles. The molecule has 3 rings (SSSR count). The van der Waals surface area contributed by atoms with Gasteiger partial charge in [-0.2, -0.15) is 0 Å². The SMILES string of the molecule is O=C(c1ccccc1)N1CCC[C@H](OCc2cccc([N+](=O)[O-])c2)C1. The number of carbonyl (C=O) groups is 1. The molecule has 25 heavy (non-hydrogen) atoms. The number of benzene rings is 2. The number of hydrogen-bond acceptors (Lipinski definition) is 4. The highest BCUT2D eigenvalue weighted by Gasteiger charge is 2.25. The van der Waals surface area contributed by atoms with Crippen molar-refractivity contribution in [2.24, 2.45) is 0 Å². The van der Waals surface area contributed by atoms with Crippen LogP contribution in [0.2, 0.25) is 0 Å². The quantitative estimate of drug-likeness (QED) is 0.617. The summed E-state index contributed by atoms with van der Waals surface area (Å²) >= 11 is 0. The Morgan fingerprint density at radius 2 is 2.00 bits per heavy atom. The van der Waals surface area contributed by atoms with Gasteiger partial charge in [0.1, 0.15) is 0 Å². The topological polar surface area (TPSA) is 72.7 Å². The Labute approximate surface area is 146 Å². The Balaban J connectivity index is 1.58. The summed E-state index contributed by atoms with van der Waals surface area (Å²) in [5.41, 5.74) is 1.51. The van der Waals surface area contributed by atoms with E-state index in [1.54, 1.807) is 6.07 Å². The first kappa shape index (κ1) is 17.1. The number of non-ortho nitro benzene ring substituents is 1.